The van der Waals surface area contributed by atoms with Crippen molar-refractivity contribution in [2.24, 2.45) is 5.73 Å². The van der Waals surface area contributed by atoms with Crippen molar-refractivity contribution >= 4 is 57.3 Å². The molecule has 0 aliphatic carbocycles. The molecule has 1 atom stereocenters. The second-order valence-electron chi connectivity index (χ2n) is 3.46. The third-order valence-electron chi connectivity index (χ3n) is 2.23. The van der Waals surface area contributed by atoms with E-state index < -0.39 is 0 Å². The molecule has 17 heavy (non-hydrogen) atoms. The average molecular weight is 383 g/mol. The molecule has 1 aromatic carbocycles. The maximum Gasteiger partial charge on any atom is 0.252 e. The minimum Gasteiger partial charge on any atom is -0.392 e. The molecule has 3 nitrogen and oxygen atoms in total. The van der Waals surface area contributed by atoms with Gasteiger partial charge in [-0.2, -0.15) is 0 Å². The molecule has 1 aromatic rings. The van der Waals surface area contributed by atoms with Crippen molar-refractivity contribution in [1.82, 2.24) is 5.32 Å². The molecule has 1 rings (SSSR count). The molecule has 1 amide bonds. The van der Waals surface area contributed by atoms with Crippen molar-refractivity contribution in [3.8, 4) is 0 Å². The van der Waals surface area contributed by atoms with Gasteiger partial charge < -0.3 is 11.1 Å². The summed E-state index contributed by atoms with van der Waals surface area (Å²) in [6, 6.07) is 4.88. The molecule has 0 aromatic heterocycles. The maximum atomic E-state index is 12.0. The highest BCUT2D eigenvalue weighted by molar-refractivity contribution is 14.1. The number of nitrogens with one attached hydrogen (secondary N) is 1. The number of nitrogens with two attached hydrogens (primary N) is 1. The number of hydrogen-bond donors (Lipinski definition) is 2. The van der Waals surface area contributed by atoms with Gasteiger partial charge >= 0.3 is 0 Å². The summed E-state index contributed by atoms with van der Waals surface area (Å²) >= 11 is 12.8. The first-order chi connectivity index (χ1) is 7.95. The van der Waals surface area contributed by atoms with E-state index in [1.54, 1.807) is 18.2 Å². The predicted molar refractivity (Wildman–Crippen MR) is 82.5 cm³/mol. The highest BCUT2D eigenvalue weighted by Crippen LogP contribution is 2.18. The Hall–Kier alpha value is -0.400. The molecular weight excluding hydrogens is 371 g/mol. The quantitative estimate of drug-likeness (QED) is 0.622. The standard InChI is InChI=1S/C11H12ClIN2OS/c1-2-9(10(14)17)15-11(16)7-5-6(12)3-4-8(7)13/h3-5,9H,2H2,1H3,(H2,14,17)(H,15,16). The van der Waals surface area contributed by atoms with Gasteiger partial charge in [-0.15, -0.1) is 0 Å². The van der Waals surface area contributed by atoms with Gasteiger partial charge in [-0.1, -0.05) is 30.7 Å². The lowest BCUT2D eigenvalue weighted by molar-refractivity contribution is 0.0945. The molecular formula is C11H12ClIN2OS. The maximum absolute atomic E-state index is 12.0. The van der Waals surface area contributed by atoms with E-state index in [2.05, 4.69) is 27.9 Å². The highest BCUT2D eigenvalue weighted by Gasteiger charge is 2.16. The van der Waals surface area contributed by atoms with Crippen LogP contribution in [0, 0.1) is 3.57 Å². The monoisotopic (exact) mass is 382 g/mol. The van der Waals surface area contributed by atoms with E-state index >= 15 is 0 Å². The van der Waals surface area contributed by atoms with Crippen molar-refractivity contribution in [3.05, 3.63) is 32.4 Å². The summed E-state index contributed by atoms with van der Waals surface area (Å²) in [6.45, 7) is 1.91. The molecule has 0 saturated heterocycles. The summed E-state index contributed by atoms with van der Waals surface area (Å²) in [5.41, 5.74) is 6.07. The van der Waals surface area contributed by atoms with E-state index in [0.29, 0.717) is 17.0 Å². The van der Waals surface area contributed by atoms with Gasteiger partial charge in [0.2, 0.25) is 0 Å². The van der Waals surface area contributed by atoms with Gasteiger partial charge in [0, 0.05) is 8.59 Å². The second-order valence-corrected chi connectivity index (χ2v) is 5.53. The van der Waals surface area contributed by atoms with Crippen molar-refractivity contribution in [2.75, 3.05) is 0 Å². The van der Waals surface area contributed by atoms with Gasteiger partial charge in [-0.3, -0.25) is 4.79 Å². The third kappa shape index (κ3) is 4.08. The van der Waals surface area contributed by atoms with Crippen LogP contribution < -0.4 is 11.1 Å². The van der Waals surface area contributed by atoms with Gasteiger partial charge in [0.15, 0.2) is 0 Å². The smallest absolute Gasteiger partial charge is 0.252 e. The first kappa shape index (κ1) is 14.7. The van der Waals surface area contributed by atoms with Gasteiger partial charge in [0.25, 0.3) is 5.91 Å². The van der Waals surface area contributed by atoms with Crippen molar-refractivity contribution in [2.45, 2.75) is 19.4 Å². The number of thiocarbonyl (C=S) groups is 1. The van der Waals surface area contributed by atoms with E-state index in [-0.39, 0.29) is 16.9 Å². The SMILES string of the molecule is CCC(NC(=O)c1cc(Cl)ccc1I)C(N)=S. The lowest BCUT2D eigenvalue weighted by Gasteiger charge is -2.16. The van der Waals surface area contributed by atoms with Crippen LogP contribution in [0.2, 0.25) is 5.02 Å². The summed E-state index contributed by atoms with van der Waals surface area (Å²) in [5, 5.41) is 3.31. The highest BCUT2D eigenvalue weighted by atomic mass is 127. The van der Waals surface area contributed by atoms with Crippen molar-refractivity contribution in [3.63, 3.8) is 0 Å². The summed E-state index contributed by atoms with van der Waals surface area (Å²) in [7, 11) is 0. The normalized spacial score (nSPS) is 11.9. The predicted octanol–water partition coefficient (Wildman–Crippen LogP) is 2.74. The molecule has 0 fully saturated rings. The molecule has 1 unspecified atom stereocenters. The molecule has 92 valence electrons. The Bertz CT molecular complexity index is 453. The van der Waals surface area contributed by atoms with E-state index in [9.17, 15) is 4.79 Å². The van der Waals surface area contributed by atoms with Crippen LogP contribution in [0.1, 0.15) is 23.7 Å². The van der Waals surface area contributed by atoms with Gasteiger partial charge in [-0.05, 0) is 47.2 Å². The summed E-state index contributed by atoms with van der Waals surface area (Å²) in [4.78, 5) is 12.3. The Balaban J connectivity index is 2.89. The first-order valence-electron chi connectivity index (χ1n) is 5.01. The van der Waals surface area contributed by atoms with Crippen molar-refractivity contribution in [1.29, 1.82) is 0 Å². The number of halogens is 2. The zero-order valence-corrected chi connectivity index (χ0v) is 12.9. The number of rotatable bonds is 4. The zero-order chi connectivity index (χ0) is 13.0. The molecule has 0 heterocycles. The molecule has 0 aliphatic heterocycles. The molecule has 0 bridgehead atoms. The lowest BCUT2D eigenvalue weighted by Crippen LogP contribution is -2.43. The minimum absolute atomic E-state index is 0.212. The Kier molecular flexibility index (Phi) is 5.61. The molecule has 0 radical (unpaired) electrons. The lowest BCUT2D eigenvalue weighted by atomic mass is 10.1. The topological polar surface area (TPSA) is 55.1 Å². The van der Waals surface area contributed by atoms with Crippen LogP contribution in [-0.4, -0.2) is 16.9 Å². The summed E-state index contributed by atoms with van der Waals surface area (Å²) < 4.78 is 0.835. The Morgan fingerprint density at radius 2 is 2.29 bits per heavy atom. The van der Waals surface area contributed by atoms with Gasteiger partial charge in [0.05, 0.1) is 16.6 Å². The number of amides is 1. The van der Waals surface area contributed by atoms with Gasteiger partial charge in [-0.25, -0.2) is 0 Å². The van der Waals surface area contributed by atoms with Gasteiger partial charge in [0.1, 0.15) is 0 Å². The van der Waals surface area contributed by atoms with Crippen LogP contribution >= 0.6 is 46.4 Å². The number of hydrogen-bond acceptors (Lipinski definition) is 2. The zero-order valence-electron chi connectivity index (χ0n) is 9.17. The first-order valence-corrected chi connectivity index (χ1v) is 6.87. The molecule has 0 saturated carbocycles. The van der Waals surface area contributed by atoms with Crippen LogP contribution in [0.3, 0.4) is 0 Å². The molecule has 3 N–H and O–H groups in total. The molecule has 0 aliphatic rings. The van der Waals surface area contributed by atoms with Crippen LogP contribution in [-0.2, 0) is 0 Å². The van der Waals surface area contributed by atoms with E-state index in [0.717, 1.165) is 3.57 Å². The summed E-state index contributed by atoms with van der Waals surface area (Å²) in [6.07, 6.45) is 0.665. The Labute approximate surface area is 124 Å². The summed E-state index contributed by atoms with van der Waals surface area (Å²) in [5.74, 6) is -0.212. The Morgan fingerprint density at radius 1 is 1.65 bits per heavy atom. The van der Waals surface area contributed by atoms with Crippen molar-refractivity contribution < 1.29 is 4.79 Å². The minimum atomic E-state index is -0.285. The van der Waals surface area contributed by atoms with E-state index in [1.807, 2.05) is 6.92 Å². The van der Waals surface area contributed by atoms with E-state index in [4.69, 9.17) is 29.6 Å². The number of carbonyl (C=O) groups is 1. The van der Waals surface area contributed by atoms with Crippen LogP contribution in [0.15, 0.2) is 18.2 Å². The van der Waals surface area contributed by atoms with Crippen LogP contribution in [0.5, 0.6) is 0 Å². The molecule has 6 heteroatoms. The fourth-order valence-corrected chi connectivity index (χ4v) is 2.26. The second kappa shape index (κ2) is 6.51. The average Bonchev–Trinajstić information content (AvgIpc) is 2.28. The molecule has 0 spiro atoms. The van der Waals surface area contributed by atoms with Crippen LogP contribution in [0.4, 0.5) is 0 Å². The largest absolute Gasteiger partial charge is 0.392 e. The fraction of sp³-hybridized carbons (Fsp3) is 0.273. The fourth-order valence-electron chi connectivity index (χ4n) is 1.28. The number of carbonyl (C=O) groups excluding carboxylic acids is 1. The van der Waals surface area contributed by atoms with Crippen LogP contribution in [0.25, 0.3) is 0 Å². The third-order valence-corrected chi connectivity index (χ3v) is 3.69. The van der Waals surface area contributed by atoms with E-state index in [1.165, 1.54) is 0 Å². The Morgan fingerprint density at radius 3 is 2.82 bits per heavy atom. The number of benzene rings is 1.